The predicted octanol–water partition coefficient (Wildman–Crippen LogP) is 4.82. The first kappa shape index (κ1) is 22.5. The van der Waals surface area contributed by atoms with Gasteiger partial charge in [0.25, 0.3) is 11.5 Å². The van der Waals surface area contributed by atoms with E-state index < -0.39 is 0 Å². The first-order chi connectivity index (χ1) is 15.3. The summed E-state index contributed by atoms with van der Waals surface area (Å²) >= 11 is 12.9. The average Bonchev–Trinajstić information content (AvgIpc) is 3.03. The lowest BCUT2D eigenvalue weighted by Crippen LogP contribution is -2.27. The van der Waals surface area contributed by atoms with Crippen LogP contribution in [-0.4, -0.2) is 31.1 Å². The minimum absolute atomic E-state index is 0.252. The largest absolute Gasteiger partial charge is 0.369 e. The normalized spacial score (nSPS) is 15.4. The SMILES string of the molecule is CC(C)CNc1nc2ccccn2c(=O)c1/C=C1/SC(=S)N(Cc2ccccc2Cl)C1=O. The molecule has 2 aromatic heterocycles. The highest BCUT2D eigenvalue weighted by atomic mass is 35.5. The number of thioether (sulfide) groups is 1. The molecule has 0 spiro atoms. The van der Waals surface area contributed by atoms with Crippen molar-refractivity contribution < 1.29 is 4.79 Å². The minimum atomic E-state index is -0.257. The lowest BCUT2D eigenvalue weighted by atomic mass is 10.2. The molecule has 1 fully saturated rings. The summed E-state index contributed by atoms with van der Waals surface area (Å²) in [5.74, 6) is 0.547. The third-order valence-electron chi connectivity index (χ3n) is 4.88. The van der Waals surface area contributed by atoms with E-state index in [9.17, 15) is 9.59 Å². The first-order valence-electron chi connectivity index (χ1n) is 10.1. The molecule has 9 heteroatoms. The number of carbonyl (C=O) groups excluding carboxylic acids is 1. The number of rotatable bonds is 6. The van der Waals surface area contributed by atoms with Gasteiger partial charge in [0.15, 0.2) is 0 Å². The van der Waals surface area contributed by atoms with Gasteiger partial charge in [0, 0.05) is 17.8 Å². The number of nitrogens with zero attached hydrogens (tertiary/aromatic N) is 3. The summed E-state index contributed by atoms with van der Waals surface area (Å²) in [7, 11) is 0. The number of thiocarbonyl (C=S) groups is 1. The van der Waals surface area contributed by atoms with Gasteiger partial charge in [0.05, 0.1) is 17.0 Å². The van der Waals surface area contributed by atoms with Gasteiger partial charge in [-0.05, 0) is 35.8 Å². The first-order valence-corrected chi connectivity index (χ1v) is 11.7. The van der Waals surface area contributed by atoms with Crippen LogP contribution in [0.5, 0.6) is 0 Å². The second-order valence-corrected chi connectivity index (χ2v) is 9.83. The molecular weight excluding hydrogens is 464 g/mol. The van der Waals surface area contributed by atoms with Crippen molar-refractivity contribution in [3.8, 4) is 0 Å². The fraction of sp³-hybridized carbons (Fsp3) is 0.217. The van der Waals surface area contributed by atoms with E-state index in [1.54, 1.807) is 30.5 Å². The predicted molar refractivity (Wildman–Crippen MR) is 135 cm³/mol. The number of pyridine rings is 1. The van der Waals surface area contributed by atoms with Gasteiger partial charge in [0.1, 0.15) is 15.8 Å². The second-order valence-electron chi connectivity index (χ2n) is 7.74. The Bertz CT molecular complexity index is 1300. The van der Waals surface area contributed by atoms with E-state index in [0.29, 0.717) is 43.7 Å². The zero-order valence-corrected chi connectivity index (χ0v) is 19.9. The number of nitrogens with one attached hydrogen (secondary N) is 1. The highest BCUT2D eigenvalue weighted by molar-refractivity contribution is 8.26. The Morgan fingerprint density at radius 3 is 2.69 bits per heavy atom. The maximum Gasteiger partial charge on any atom is 0.267 e. The number of carbonyl (C=O) groups is 1. The van der Waals surface area contributed by atoms with Crippen molar-refractivity contribution in [1.29, 1.82) is 0 Å². The van der Waals surface area contributed by atoms with E-state index in [1.165, 1.54) is 21.1 Å². The highest BCUT2D eigenvalue weighted by Crippen LogP contribution is 2.34. The fourth-order valence-corrected chi connectivity index (χ4v) is 4.67. The van der Waals surface area contributed by atoms with Gasteiger partial charge in [-0.1, -0.05) is 73.7 Å². The van der Waals surface area contributed by atoms with Crippen LogP contribution in [0.25, 0.3) is 11.7 Å². The van der Waals surface area contributed by atoms with Crippen molar-refractivity contribution in [2.45, 2.75) is 20.4 Å². The van der Waals surface area contributed by atoms with E-state index in [2.05, 4.69) is 24.1 Å². The van der Waals surface area contributed by atoms with Crippen molar-refractivity contribution >= 4 is 63.3 Å². The zero-order valence-electron chi connectivity index (χ0n) is 17.5. The summed E-state index contributed by atoms with van der Waals surface area (Å²) in [6, 6.07) is 12.7. The smallest absolute Gasteiger partial charge is 0.267 e. The molecule has 0 radical (unpaired) electrons. The van der Waals surface area contributed by atoms with Crippen LogP contribution in [-0.2, 0) is 11.3 Å². The van der Waals surface area contributed by atoms with Crippen molar-refractivity contribution in [3.05, 3.63) is 80.1 Å². The highest BCUT2D eigenvalue weighted by Gasteiger charge is 2.33. The van der Waals surface area contributed by atoms with Crippen molar-refractivity contribution in [3.63, 3.8) is 0 Å². The van der Waals surface area contributed by atoms with Crippen LogP contribution < -0.4 is 10.9 Å². The molecule has 4 rings (SSSR count). The molecule has 0 atom stereocenters. The van der Waals surface area contributed by atoms with E-state index in [1.807, 2.05) is 24.3 Å². The molecule has 1 aliphatic rings. The fourth-order valence-electron chi connectivity index (χ4n) is 3.23. The summed E-state index contributed by atoms with van der Waals surface area (Å²) in [5.41, 5.74) is 1.41. The lowest BCUT2D eigenvalue weighted by molar-refractivity contribution is -0.122. The molecule has 0 unspecified atom stereocenters. The van der Waals surface area contributed by atoms with Gasteiger partial charge in [-0.3, -0.25) is 18.9 Å². The number of anilines is 1. The standard InChI is InChI=1S/C23H21ClN4O2S2/c1-14(2)12-25-20-16(21(29)27-10-6-5-9-19(27)26-20)11-18-22(30)28(23(31)32-18)13-15-7-3-4-8-17(15)24/h3-11,14,25H,12-13H2,1-2H3/b18-11+. The Balaban J connectivity index is 1.73. The van der Waals surface area contributed by atoms with Crippen LogP contribution in [0.3, 0.4) is 0 Å². The topological polar surface area (TPSA) is 66.7 Å². The van der Waals surface area contributed by atoms with E-state index >= 15 is 0 Å². The Labute approximate surface area is 200 Å². The maximum atomic E-state index is 13.2. The van der Waals surface area contributed by atoms with Crippen LogP contribution in [0.2, 0.25) is 5.02 Å². The molecule has 1 saturated heterocycles. The molecule has 1 aromatic carbocycles. The van der Waals surface area contributed by atoms with Crippen LogP contribution in [0.1, 0.15) is 25.0 Å². The summed E-state index contributed by atoms with van der Waals surface area (Å²) < 4.78 is 1.89. The summed E-state index contributed by atoms with van der Waals surface area (Å²) in [6.07, 6.45) is 3.25. The molecule has 164 valence electrons. The number of hydrogen-bond acceptors (Lipinski definition) is 6. The third kappa shape index (κ3) is 4.57. The Morgan fingerprint density at radius 2 is 1.94 bits per heavy atom. The van der Waals surface area contributed by atoms with Crippen LogP contribution >= 0.6 is 35.6 Å². The average molecular weight is 485 g/mol. The van der Waals surface area contributed by atoms with Crippen molar-refractivity contribution in [1.82, 2.24) is 14.3 Å². The number of hydrogen-bond donors (Lipinski definition) is 1. The van der Waals surface area contributed by atoms with Crippen LogP contribution in [0, 0.1) is 5.92 Å². The summed E-state index contributed by atoms with van der Waals surface area (Å²) in [5, 5.41) is 3.82. The molecule has 3 heterocycles. The third-order valence-corrected chi connectivity index (χ3v) is 6.63. The Kier molecular flexibility index (Phi) is 6.64. The zero-order chi connectivity index (χ0) is 22.8. The van der Waals surface area contributed by atoms with Gasteiger partial charge >= 0.3 is 0 Å². The number of benzene rings is 1. The molecule has 6 nitrogen and oxygen atoms in total. The number of fused-ring (bicyclic) bond motifs is 1. The lowest BCUT2D eigenvalue weighted by Gasteiger charge is -2.15. The molecular formula is C23H21ClN4O2S2. The van der Waals surface area contributed by atoms with Crippen molar-refractivity contribution in [2.75, 3.05) is 11.9 Å². The Morgan fingerprint density at radius 1 is 1.19 bits per heavy atom. The molecule has 1 amide bonds. The van der Waals surface area contributed by atoms with Crippen molar-refractivity contribution in [2.24, 2.45) is 5.92 Å². The summed E-state index contributed by atoms with van der Waals surface area (Å²) in [6.45, 7) is 5.06. The van der Waals surface area contributed by atoms with Gasteiger partial charge in [-0.2, -0.15) is 0 Å². The van der Waals surface area contributed by atoms with E-state index in [0.717, 1.165) is 5.56 Å². The van der Waals surface area contributed by atoms with Crippen LogP contribution in [0.15, 0.2) is 58.4 Å². The van der Waals surface area contributed by atoms with Crippen LogP contribution in [0.4, 0.5) is 5.82 Å². The molecule has 1 aliphatic heterocycles. The molecule has 0 saturated carbocycles. The molecule has 1 N–H and O–H groups in total. The molecule has 0 bridgehead atoms. The maximum absolute atomic E-state index is 13.2. The van der Waals surface area contributed by atoms with E-state index in [4.69, 9.17) is 23.8 Å². The quantitative estimate of drug-likeness (QED) is 0.400. The van der Waals surface area contributed by atoms with Gasteiger partial charge in [-0.25, -0.2) is 4.98 Å². The van der Waals surface area contributed by atoms with Gasteiger partial charge < -0.3 is 5.32 Å². The number of aromatic nitrogens is 2. The molecule has 3 aromatic rings. The minimum Gasteiger partial charge on any atom is -0.369 e. The molecule has 32 heavy (non-hydrogen) atoms. The second kappa shape index (κ2) is 9.44. The molecule has 0 aliphatic carbocycles. The van der Waals surface area contributed by atoms with E-state index in [-0.39, 0.29) is 18.0 Å². The van der Waals surface area contributed by atoms with Gasteiger partial charge in [-0.15, -0.1) is 0 Å². The summed E-state index contributed by atoms with van der Waals surface area (Å²) in [4.78, 5) is 32.9. The Hall–Kier alpha value is -2.68. The van der Waals surface area contributed by atoms with Gasteiger partial charge in [0.2, 0.25) is 0 Å². The number of halogens is 1. The monoisotopic (exact) mass is 484 g/mol. The number of amides is 1.